The van der Waals surface area contributed by atoms with Crippen LogP contribution in [0.25, 0.3) is 0 Å². The number of Topliss-reactive ketones (excluding diaryl/α,β-unsaturated/α-hetero) is 1. The lowest BCUT2D eigenvalue weighted by Crippen LogP contribution is -2.26. The molecule has 2 amide bonds. The predicted octanol–water partition coefficient (Wildman–Crippen LogP) is 0.541. The minimum absolute atomic E-state index is 0.0658. The third-order valence-electron chi connectivity index (χ3n) is 2.66. The summed E-state index contributed by atoms with van der Waals surface area (Å²) in [6, 6.07) is 6.44. The SMILES string of the molecule is COc1ccc(C(=O)C2CC(=O)NC2=O)cc1. The first-order valence-electron chi connectivity index (χ1n) is 5.14. The number of carbonyl (C=O) groups is 3. The van der Waals surface area contributed by atoms with Gasteiger partial charge < -0.3 is 4.74 Å². The number of benzene rings is 1. The van der Waals surface area contributed by atoms with Crippen molar-refractivity contribution in [1.29, 1.82) is 0 Å². The summed E-state index contributed by atoms with van der Waals surface area (Å²) in [6.07, 6.45) is -0.0658. The van der Waals surface area contributed by atoms with Crippen molar-refractivity contribution in [3.63, 3.8) is 0 Å². The Hall–Kier alpha value is -2.17. The van der Waals surface area contributed by atoms with Crippen LogP contribution in [0.1, 0.15) is 16.8 Å². The van der Waals surface area contributed by atoms with E-state index in [2.05, 4.69) is 5.32 Å². The summed E-state index contributed by atoms with van der Waals surface area (Å²) >= 11 is 0. The molecule has 0 aliphatic carbocycles. The Morgan fingerprint density at radius 3 is 2.41 bits per heavy atom. The van der Waals surface area contributed by atoms with E-state index in [1.807, 2.05) is 0 Å². The first-order chi connectivity index (χ1) is 8.11. The van der Waals surface area contributed by atoms with E-state index in [-0.39, 0.29) is 12.2 Å². The molecule has 0 bridgehead atoms. The van der Waals surface area contributed by atoms with Crippen molar-refractivity contribution in [1.82, 2.24) is 5.32 Å². The zero-order valence-electron chi connectivity index (χ0n) is 9.23. The molecule has 1 aliphatic rings. The number of nitrogens with one attached hydrogen (secondary N) is 1. The third-order valence-corrected chi connectivity index (χ3v) is 2.66. The fourth-order valence-electron chi connectivity index (χ4n) is 1.72. The van der Waals surface area contributed by atoms with Crippen LogP contribution < -0.4 is 10.1 Å². The van der Waals surface area contributed by atoms with Gasteiger partial charge in [-0.3, -0.25) is 19.7 Å². The van der Waals surface area contributed by atoms with Crippen molar-refractivity contribution in [2.75, 3.05) is 7.11 Å². The molecule has 0 saturated carbocycles. The van der Waals surface area contributed by atoms with Gasteiger partial charge in [0.2, 0.25) is 11.8 Å². The van der Waals surface area contributed by atoms with Gasteiger partial charge in [0.15, 0.2) is 5.78 Å². The summed E-state index contributed by atoms with van der Waals surface area (Å²) in [5.41, 5.74) is 0.403. The number of amides is 2. The zero-order chi connectivity index (χ0) is 12.4. The molecule has 1 N–H and O–H groups in total. The minimum atomic E-state index is -0.893. The van der Waals surface area contributed by atoms with Gasteiger partial charge in [0.05, 0.1) is 7.11 Å². The predicted molar refractivity (Wildman–Crippen MR) is 58.6 cm³/mol. The van der Waals surface area contributed by atoms with Crippen LogP contribution in [0.4, 0.5) is 0 Å². The van der Waals surface area contributed by atoms with E-state index >= 15 is 0 Å². The number of imide groups is 1. The van der Waals surface area contributed by atoms with Crippen molar-refractivity contribution < 1.29 is 19.1 Å². The van der Waals surface area contributed by atoms with E-state index in [0.717, 1.165) is 0 Å². The van der Waals surface area contributed by atoms with E-state index in [0.29, 0.717) is 11.3 Å². The molecular formula is C12H11NO4. The van der Waals surface area contributed by atoms with Gasteiger partial charge in [-0.25, -0.2) is 0 Å². The van der Waals surface area contributed by atoms with Crippen molar-refractivity contribution >= 4 is 17.6 Å². The monoisotopic (exact) mass is 233 g/mol. The molecule has 1 saturated heterocycles. The molecule has 17 heavy (non-hydrogen) atoms. The van der Waals surface area contributed by atoms with Crippen molar-refractivity contribution in [2.45, 2.75) is 6.42 Å². The summed E-state index contributed by atoms with van der Waals surface area (Å²) in [6.45, 7) is 0. The molecule has 0 radical (unpaired) electrons. The molecule has 0 spiro atoms. The highest BCUT2D eigenvalue weighted by Crippen LogP contribution is 2.19. The Balaban J connectivity index is 2.19. The maximum Gasteiger partial charge on any atom is 0.238 e. The lowest BCUT2D eigenvalue weighted by molar-refractivity contribution is -0.125. The number of rotatable bonds is 3. The number of hydrogen-bond donors (Lipinski definition) is 1. The molecule has 2 rings (SSSR count). The Labute approximate surface area is 97.8 Å². The average Bonchev–Trinajstić information content (AvgIpc) is 2.68. The fourth-order valence-corrected chi connectivity index (χ4v) is 1.72. The van der Waals surface area contributed by atoms with Gasteiger partial charge >= 0.3 is 0 Å². The van der Waals surface area contributed by atoms with Crippen LogP contribution in [-0.4, -0.2) is 24.7 Å². The number of ether oxygens (including phenoxy) is 1. The van der Waals surface area contributed by atoms with E-state index in [1.54, 1.807) is 24.3 Å². The molecule has 1 aliphatic heterocycles. The maximum absolute atomic E-state index is 11.9. The molecule has 0 aromatic heterocycles. The van der Waals surface area contributed by atoms with Gasteiger partial charge in [-0.05, 0) is 24.3 Å². The second-order valence-corrected chi connectivity index (χ2v) is 3.76. The highest BCUT2D eigenvalue weighted by molar-refractivity contribution is 6.18. The standard InChI is InChI=1S/C12H11NO4/c1-17-8-4-2-7(3-5-8)11(15)9-6-10(14)13-12(9)16/h2-5,9H,6H2,1H3,(H,13,14,16). The van der Waals surface area contributed by atoms with E-state index < -0.39 is 17.7 Å². The van der Waals surface area contributed by atoms with Gasteiger partial charge in [0, 0.05) is 12.0 Å². The van der Waals surface area contributed by atoms with Crippen molar-refractivity contribution in [3.8, 4) is 5.75 Å². The quantitative estimate of drug-likeness (QED) is 0.470. The molecule has 1 atom stereocenters. The summed E-state index contributed by atoms with van der Waals surface area (Å²) in [4.78, 5) is 34.3. The topological polar surface area (TPSA) is 72.5 Å². The lowest BCUT2D eigenvalue weighted by atomic mass is 9.96. The zero-order valence-corrected chi connectivity index (χ0v) is 9.23. The molecule has 1 heterocycles. The van der Waals surface area contributed by atoms with Gasteiger partial charge in [-0.1, -0.05) is 0 Å². The van der Waals surface area contributed by atoms with Crippen LogP contribution in [0, 0.1) is 5.92 Å². The number of carbonyl (C=O) groups excluding carboxylic acids is 3. The fraction of sp³-hybridized carbons (Fsp3) is 0.250. The van der Waals surface area contributed by atoms with Gasteiger partial charge in [0.25, 0.3) is 0 Å². The number of methoxy groups -OCH3 is 1. The van der Waals surface area contributed by atoms with Crippen LogP contribution in [0.3, 0.4) is 0 Å². The lowest BCUT2D eigenvalue weighted by Gasteiger charge is -2.05. The normalized spacial score (nSPS) is 19.0. The second-order valence-electron chi connectivity index (χ2n) is 3.76. The van der Waals surface area contributed by atoms with Gasteiger partial charge in [-0.15, -0.1) is 0 Å². The molecular weight excluding hydrogens is 222 g/mol. The number of hydrogen-bond acceptors (Lipinski definition) is 4. The second kappa shape index (κ2) is 4.37. The van der Waals surface area contributed by atoms with Crippen LogP contribution in [0.5, 0.6) is 5.75 Å². The molecule has 1 unspecified atom stereocenters. The average molecular weight is 233 g/mol. The van der Waals surface area contributed by atoms with Gasteiger partial charge in [0.1, 0.15) is 11.7 Å². The van der Waals surface area contributed by atoms with Crippen molar-refractivity contribution in [3.05, 3.63) is 29.8 Å². The summed E-state index contributed by atoms with van der Waals surface area (Å²) < 4.78 is 4.97. The van der Waals surface area contributed by atoms with E-state index in [9.17, 15) is 14.4 Å². The molecule has 88 valence electrons. The Bertz CT molecular complexity index is 478. The Kier molecular flexibility index (Phi) is 2.91. The first kappa shape index (κ1) is 11.3. The molecule has 1 fully saturated rings. The first-order valence-corrected chi connectivity index (χ1v) is 5.14. The molecule has 1 aromatic carbocycles. The highest BCUT2D eigenvalue weighted by Gasteiger charge is 2.36. The maximum atomic E-state index is 11.9. The third kappa shape index (κ3) is 2.18. The van der Waals surface area contributed by atoms with Crippen LogP contribution >= 0.6 is 0 Å². The van der Waals surface area contributed by atoms with E-state index in [4.69, 9.17) is 4.74 Å². The molecule has 1 aromatic rings. The Morgan fingerprint density at radius 2 is 1.94 bits per heavy atom. The summed E-state index contributed by atoms with van der Waals surface area (Å²) in [7, 11) is 1.53. The van der Waals surface area contributed by atoms with Crippen LogP contribution in [0.15, 0.2) is 24.3 Å². The van der Waals surface area contributed by atoms with Crippen molar-refractivity contribution in [2.24, 2.45) is 5.92 Å². The largest absolute Gasteiger partial charge is 0.497 e. The number of ketones is 1. The molecule has 5 heteroatoms. The van der Waals surface area contributed by atoms with Crippen LogP contribution in [0.2, 0.25) is 0 Å². The minimum Gasteiger partial charge on any atom is -0.497 e. The smallest absolute Gasteiger partial charge is 0.238 e. The summed E-state index contributed by atoms with van der Waals surface area (Å²) in [5, 5.41) is 2.12. The van der Waals surface area contributed by atoms with Crippen LogP contribution in [-0.2, 0) is 9.59 Å². The van der Waals surface area contributed by atoms with Gasteiger partial charge in [-0.2, -0.15) is 0 Å². The highest BCUT2D eigenvalue weighted by atomic mass is 16.5. The molecule has 5 nitrogen and oxygen atoms in total. The van der Waals surface area contributed by atoms with E-state index in [1.165, 1.54) is 7.11 Å². The Morgan fingerprint density at radius 1 is 1.29 bits per heavy atom. The summed E-state index contributed by atoms with van der Waals surface area (Å²) in [5.74, 6) is -1.52.